The summed E-state index contributed by atoms with van der Waals surface area (Å²) in [6.07, 6.45) is 0. The molecule has 0 radical (unpaired) electrons. The largest absolute Gasteiger partial charge is 0.488 e. The fourth-order valence-electron chi connectivity index (χ4n) is 2.20. The quantitative estimate of drug-likeness (QED) is 0.688. The van der Waals surface area contributed by atoms with Gasteiger partial charge in [-0.15, -0.1) is 11.3 Å². The summed E-state index contributed by atoms with van der Waals surface area (Å²) in [5, 5.41) is 5.52. The molecule has 22 heavy (non-hydrogen) atoms. The van der Waals surface area contributed by atoms with Crippen LogP contribution in [-0.2, 0) is 19.7 Å². The predicted octanol–water partition coefficient (Wildman–Crippen LogP) is 4.62. The van der Waals surface area contributed by atoms with E-state index in [1.165, 1.54) is 16.0 Å². The van der Waals surface area contributed by atoms with E-state index in [9.17, 15) is 0 Å². The summed E-state index contributed by atoms with van der Waals surface area (Å²) in [4.78, 5) is 1.24. The molecule has 0 spiro atoms. The Morgan fingerprint density at radius 1 is 0.773 bits per heavy atom. The molecule has 1 N–H and O–H groups in total. The molecule has 0 amide bonds. The maximum atomic E-state index is 5.77. The second-order valence-corrected chi connectivity index (χ2v) is 6.13. The highest BCUT2D eigenvalue weighted by Gasteiger charge is 1.98. The molecular formula is C19H19NOS. The number of thiophene rings is 1. The van der Waals surface area contributed by atoms with Crippen LogP contribution in [0.1, 0.15) is 16.0 Å². The van der Waals surface area contributed by atoms with Crippen LogP contribution in [-0.4, -0.2) is 0 Å². The van der Waals surface area contributed by atoms with Gasteiger partial charge in [-0.25, -0.2) is 0 Å². The first-order chi connectivity index (χ1) is 10.9. The van der Waals surface area contributed by atoms with Gasteiger partial charge in [-0.3, -0.25) is 0 Å². The molecule has 112 valence electrons. The molecule has 2 aromatic carbocycles. The Kier molecular flexibility index (Phi) is 5.24. The average Bonchev–Trinajstić information content (AvgIpc) is 3.09. The van der Waals surface area contributed by atoms with Crippen LogP contribution in [0, 0.1) is 0 Å². The highest BCUT2D eigenvalue weighted by Crippen LogP contribution is 2.16. The van der Waals surface area contributed by atoms with E-state index in [1.54, 1.807) is 11.3 Å². The first-order valence-electron chi connectivity index (χ1n) is 7.39. The lowest BCUT2D eigenvalue weighted by molar-refractivity contribution is 0.309. The number of benzene rings is 2. The zero-order chi connectivity index (χ0) is 15.0. The van der Waals surface area contributed by atoms with Crippen LogP contribution in [0.2, 0.25) is 0 Å². The van der Waals surface area contributed by atoms with Gasteiger partial charge in [0.2, 0.25) is 0 Å². The smallest absolute Gasteiger partial charge is 0.122 e. The van der Waals surface area contributed by atoms with E-state index >= 15 is 0 Å². The molecule has 0 aliphatic rings. The van der Waals surface area contributed by atoms with Crippen LogP contribution >= 0.6 is 11.3 Å². The van der Waals surface area contributed by atoms with Crippen molar-refractivity contribution in [3.05, 3.63) is 88.1 Å². The van der Waals surface area contributed by atoms with Crippen molar-refractivity contribution < 1.29 is 4.74 Å². The summed E-state index contributed by atoms with van der Waals surface area (Å²) in [7, 11) is 0. The molecule has 0 saturated carbocycles. The van der Waals surface area contributed by atoms with Gasteiger partial charge in [0.25, 0.3) is 0 Å². The summed E-state index contributed by atoms with van der Waals surface area (Å²) in [6.45, 7) is 2.39. The first-order valence-corrected chi connectivity index (χ1v) is 8.27. The van der Waals surface area contributed by atoms with Gasteiger partial charge in [-0.2, -0.15) is 0 Å². The Balaban J connectivity index is 1.45. The number of ether oxygens (including phenoxy) is 1. The van der Waals surface area contributed by atoms with E-state index in [4.69, 9.17) is 4.74 Å². The second kappa shape index (κ2) is 7.78. The summed E-state index contributed by atoms with van der Waals surface area (Å²) >= 11 is 1.72. The van der Waals surface area contributed by atoms with Gasteiger partial charge in [-0.1, -0.05) is 48.5 Å². The molecule has 0 fully saturated rings. The highest BCUT2D eigenvalue weighted by molar-refractivity contribution is 7.09. The zero-order valence-corrected chi connectivity index (χ0v) is 13.2. The Bertz CT molecular complexity index is 662. The molecule has 0 saturated heterocycles. The van der Waals surface area contributed by atoms with Gasteiger partial charge in [-0.05, 0) is 34.7 Å². The lowest BCUT2D eigenvalue weighted by atomic mass is 10.2. The molecule has 0 bridgehead atoms. The monoisotopic (exact) mass is 309 g/mol. The van der Waals surface area contributed by atoms with Crippen molar-refractivity contribution in [2.75, 3.05) is 0 Å². The lowest BCUT2D eigenvalue weighted by Crippen LogP contribution is -2.12. The second-order valence-electron chi connectivity index (χ2n) is 5.10. The van der Waals surface area contributed by atoms with Gasteiger partial charge in [0.05, 0.1) is 0 Å². The van der Waals surface area contributed by atoms with Crippen LogP contribution in [0.4, 0.5) is 0 Å². The molecule has 3 aromatic rings. The average molecular weight is 309 g/mol. The Hall–Kier alpha value is -2.10. The van der Waals surface area contributed by atoms with E-state index in [0.29, 0.717) is 6.61 Å². The lowest BCUT2D eigenvalue weighted by Gasteiger charge is -2.07. The molecule has 1 aromatic heterocycles. The van der Waals surface area contributed by atoms with Crippen LogP contribution in [0.25, 0.3) is 0 Å². The molecule has 3 rings (SSSR count). The highest BCUT2D eigenvalue weighted by atomic mass is 32.1. The molecule has 0 atom stereocenters. The van der Waals surface area contributed by atoms with Crippen molar-refractivity contribution in [2.45, 2.75) is 19.7 Å². The van der Waals surface area contributed by atoms with Crippen LogP contribution in [0.5, 0.6) is 5.75 Å². The van der Waals surface area contributed by atoms with Gasteiger partial charge < -0.3 is 10.1 Å². The van der Waals surface area contributed by atoms with Crippen molar-refractivity contribution in [2.24, 2.45) is 0 Å². The van der Waals surface area contributed by atoms with E-state index in [0.717, 1.165) is 18.8 Å². The van der Waals surface area contributed by atoms with Gasteiger partial charge in [0.1, 0.15) is 12.4 Å². The number of hydrogen-bond acceptors (Lipinski definition) is 3. The van der Waals surface area contributed by atoms with E-state index < -0.39 is 0 Å². The van der Waals surface area contributed by atoms with Crippen LogP contribution in [0.3, 0.4) is 0 Å². The standard InChI is InChI=1S/C19H19NOS/c1-2-5-16(6-3-1)13-20-14-17-8-10-18(11-9-17)21-15-19-7-4-12-22-19/h1-12,20H,13-15H2. The van der Waals surface area contributed by atoms with E-state index in [-0.39, 0.29) is 0 Å². The molecule has 0 unspecified atom stereocenters. The third-order valence-electron chi connectivity index (χ3n) is 3.39. The summed E-state index contributed by atoms with van der Waals surface area (Å²) < 4.78 is 5.77. The molecule has 2 nitrogen and oxygen atoms in total. The SMILES string of the molecule is c1ccc(CNCc2ccc(OCc3cccs3)cc2)cc1. The van der Waals surface area contributed by atoms with Crippen LogP contribution < -0.4 is 10.1 Å². The van der Waals surface area contributed by atoms with Gasteiger partial charge >= 0.3 is 0 Å². The minimum absolute atomic E-state index is 0.642. The van der Waals surface area contributed by atoms with Crippen molar-refractivity contribution in [3.63, 3.8) is 0 Å². The zero-order valence-electron chi connectivity index (χ0n) is 12.4. The molecule has 1 heterocycles. The Labute approximate surface area is 135 Å². The maximum absolute atomic E-state index is 5.77. The van der Waals surface area contributed by atoms with Crippen LogP contribution in [0.15, 0.2) is 72.1 Å². The fourth-order valence-corrected chi connectivity index (χ4v) is 2.82. The van der Waals surface area contributed by atoms with E-state index in [2.05, 4.69) is 53.2 Å². The Morgan fingerprint density at radius 3 is 2.18 bits per heavy atom. The van der Waals surface area contributed by atoms with Crippen molar-refractivity contribution in [1.82, 2.24) is 5.32 Å². The minimum atomic E-state index is 0.642. The predicted molar refractivity (Wildman–Crippen MR) is 92.1 cm³/mol. The molecule has 0 aliphatic carbocycles. The summed E-state index contributed by atoms with van der Waals surface area (Å²) in [5.41, 5.74) is 2.57. The number of nitrogens with one attached hydrogen (secondary N) is 1. The molecular weight excluding hydrogens is 290 g/mol. The summed E-state index contributed by atoms with van der Waals surface area (Å²) in [6, 6.07) is 22.9. The first kappa shape index (κ1) is 14.8. The number of hydrogen-bond donors (Lipinski definition) is 1. The third kappa shape index (κ3) is 4.45. The van der Waals surface area contributed by atoms with Crippen molar-refractivity contribution >= 4 is 11.3 Å². The van der Waals surface area contributed by atoms with Crippen molar-refractivity contribution in [3.8, 4) is 5.75 Å². The molecule has 3 heteroatoms. The van der Waals surface area contributed by atoms with E-state index in [1.807, 2.05) is 24.3 Å². The fraction of sp³-hybridized carbons (Fsp3) is 0.158. The minimum Gasteiger partial charge on any atom is -0.488 e. The maximum Gasteiger partial charge on any atom is 0.122 e. The topological polar surface area (TPSA) is 21.3 Å². The molecule has 0 aliphatic heterocycles. The van der Waals surface area contributed by atoms with Crippen molar-refractivity contribution in [1.29, 1.82) is 0 Å². The normalized spacial score (nSPS) is 10.5. The van der Waals surface area contributed by atoms with Gasteiger partial charge in [0, 0.05) is 18.0 Å². The third-order valence-corrected chi connectivity index (χ3v) is 4.24. The number of rotatable bonds is 7. The van der Waals surface area contributed by atoms with Gasteiger partial charge in [0.15, 0.2) is 0 Å². The summed E-state index contributed by atoms with van der Waals surface area (Å²) in [5.74, 6) is 0.917. The Morgan fingerprint density at radius 2 is 1.50 bits per heavy atom.